The molecule has 0 aliphatic heterocycles. The summed E-state index contributed by atoms with van der Waals surface area (Å²) in [4.78, 5) is 10.8. The molecule has 16 heavy (non-hydrogen) atoms. The lowest BCUT2D eigenvalue weighted by molar-refractivity contribution is -0.677. The Balaban J connectivity index is 2.48. The van der Waals surface area contributed by atoms with Gasteiger partial charge in [-0.05, 0) is 11.5 Å². The molecule has 1 heterocycles. The van der Waals surface area contributed by atoms with E-state index in [1.165, 1.54) is 10.8 Å². The number of nitrogens with zero attached hydrogens (tertiary/aromatic N) is 1. The summed E-state index contributed by atoms with van der Waals surface area (Å²) >= 11 is 0. The molecular formula is C13H15N2O+. The fourth-order valence-corrected chi connectivity index (χ4v) is 1.93. The maximum Gasteiger partial charge on any atom is 0.217 e. The van der Waals surface area contributed by atoms with Crippen molar-refractivity contribution in [2.45, 2.75) is 12.8 Å². The molecule has 1 amide bonds. The van der Waals surface area contributed by atoms with Gasteiger partial charge >= 0.3 is 0 Å². The summed E-state index contributed by atoms with van der Waals surface area (Å²) in [5.41, 5.74) is 6.34. The Labute approximate surface area is 94.5 Å². The molecule has 0 unspecified atom stereocenters. The highest BCUT2D eigenvalue weighted by molar-refractivity contribution is 5.84. The lowest BCUT2D eigenvalue weighted by Gasteiger charge is -2.03. The van der Waals surface area contributed by atoms with Crippen LogP contribution in [0.15, 0.2) is 36.5 Å². The van der Waals surface area contributed by atoms with Crippen LogP contribution in [0.3, 0.4) is 0 Å². The fourth-order valence-electron chi connectivity index (χ4n) is 1.93. The number of aromatic nitrogens is 1. The lowest BCUT2D eigenvalue weighted by Crippen LogP contribution is -2.33. The molecule has 1 aromatic heterocycles. The summed E-state index contributed by atoms with van der Waals surface area (Å²) < 4.78 is 2.05. The fraction of sp³-hybridized carbons (Fsp3) is 0.231. The van der Waals surface area contributed by atoms with Gasteiger partial charge in [-0.2, -0.15) is 0 Å². The molecule has 0 aliphatic carbocycles. The molecule has 2 rings (SSSR count). The Morgan fingerprint density at radius 2 is 2.06 bits per heavy atom. The van der Waals surface area contributed by atoms with Gasteiger partial charge in [0.1, 0.15) is 7.05 Å². The summed E-state index contributed by atoms with van der Waals surface area (Å²) in [5, 5.41) is 2.38. The van der Waals surface area contributed by atoms with Gasteiger partial charge < -0.3 is 5.73 Å². The summed E-state index contributed by atoms with van der Waals surface area (Å²) in [7, 11) is 1.99. The molecule has 0 atom stereocenters. The van der Waals surface area contributed by atoms with Crippen molar-refractivity contribution in [3.8, 4) is 0 Å². The van der Waals surface area contributed by atoms with E-state index in [0.717, 1.165) is 5.69 Å². The summed E-state index contributed by atoms with van der Waals surface area (Å²) in [5.74, 6) is -0.257. The number of nitrogens with two attached hydrogens (primary N) is 1. The average molecular weight is 215 g/mol. The smallest absolute Gasteiger partial charge is 0.217 e. The first-order valence-electron chi connectivity index (χ1n) is 5.33. The number of carbonyl (C=O) groups excluding carboxylic acids is 1. The van der Waals surface area contributed by atoms with Crippen molar-refractivity contribution in [2.75, 3.05) is 0 Å². The molecule has 0 radical (unpaired) electrons. The molecule has 3 nitrogen and oxygen atoms in total. The molecular weight excluding hydrogens is 200 g/mol. The number of fused-ring (bicyclic) bond motifs is 1. The molecule has 1 aromatic carbocycles. The molecule has 2 aromatic rings. The van der Waals surface area contributed by atoms with Crippen molar-refractivity contribution in [3.63, 3.8) is 0 Å². The van der Waals surface area contributed by atoms with E-state index < -0.39 is 0 Å². The summed E-state index contributed by atoms with van der Waals surface area (Å²) in [6, 6.07) is 10.2. The van der Waals surface area contributed by atoms with Gasteiger partial charge in [-0.15, -0.1) is 0 Å². The molecule has 0 spiro atoms. The number of pyridine rings is 1. The molecule has 2 N–H and O–H groups in total. The van der Waals surface area contributed by atoms with Crippen LogP contribution in [0.25, 0.3) is 10.8 Å². The maximum atomic E-state index is 10.8. The molecule has 0 aliphatic rings. The zero-order valence-electron chi connectivity index (χ0n) is 9.31. The zero-order chi connectivity index (χ0) is 11.5. The normalized spacial score (nSPS) is 10.6. The topological polar surface area (TPSA) is 47.0 Å². The first-order chi connectivity index (χ1) is 7.68. The highest BCUT2D eigenvalue weighted by Gasteiger charge is 2.12. The average Bonchev–Trinajstić information content (AvgIpc) is 2.27. The molecule has 0 bridgehead atoms. The van der Waals surface area contributed by atoms with E-state index in [9.17, 15) is 4.79 Å². The van der Waals surface area contributed by atoms with Crippen LogP contribution in [0.1, 0.15) is 12.1 Å². The van der Waals surface area contributed by atoms with E-state index >= 15 is 0 Å². The molecule has 0 fully saturated rings. The quantitative estimate of drug-likeness (QED) is 0.765. The second-order valence-corrected chi connectivity index (χ2v) is 3.93. The summed E-state index contributed by atoms with van der Waals surface area (Å²) in [6.45, 7) is 0. The third kappa shape index (κ3) is 2.03. The Bertz CT molecular complexity index is 534. The van der Waals surface area contributed by atoms with Crippen LogP contribution in [-0.2, 0) is 18.3 Å². The minimum Gasteiger partial charge on any atom is -0.370 e. The highest BCUT2D eigenvalue weighted by atomic mass is 16.1. The second kappa shape index (κ2) is 4.31. The van der Waals surface area contributed by atoms with E-state index in [4.69, 9.17) is 5.73 Å². The molecule has 0 saturated heterocycles. The van der Waals surface area contributed by atoms with Crippen molar-refractivity contribution in [1.29, 1.82) is 0 Å². The molecule has 3 heteroatoms. The first kappa shape index (κ1) is 10.6. The van der Waals surface area contributed by atoms with Crippen LogP contribution in [0.2, 0.25) is 0 Å². The minimum atomic E-state index is -0.257. The highest BCUT2D eigenvalue weighted by Crippen LogP contribution is 2.16. The van der Waals surface area contributed by atoms with Crippen LogP contribution in [0.5, 0.6) is 0 Å². The SMILES string of the molecule is C[n+]1ccc2ccccc2c1CCC(N)=O. The van der Waals surface area contributed by atoms with Crippen molar-refractivity contribution in [1.82, 2.24) is 0 Å². The Morgan fingerprint density at radius 1 is 1.31 bits per heavy atom. The van der Waals surface area contributed by atoms with Gasteiger partial charge in [-0.3, -0.25) is 4.79 Å². The van der Waals surface area contributed by atoms with E-state index in [2.05, 4.69) is 18.2 Å². The molecule has 0 saturated carbocycles. The van der Waals surface area contributed by atoms with Gasteiger partial charge in [-0.25, -0.2) is 4.57 Å². The monoisotopic (exact) mass is 215 g/mol. The van der Waals surface area contributed by atoms with E-state index in [-0.39, 0.29) is 5.91 Å². The number of aryl methyl sites for hydroxylation is 2. The van der Waals surface area contributed by atoms with Gasteiger partial charge in [0.15, 0.2) is 11.9 Å². The van der Waals surface area contributed by atoms with Crippen molar-refractivity contribution >= 4 is 16.7 Å². The Kier molecular flexibility index (Phi) is 2.86. The lowest BCUT2D eigenvalue weighted by atomic mass is 10.1. The van der Waals surface area contributed by atoms with Crippen LogP contribution < -0.4 is 10.3 Å². The Morgan fingerprint density at radius 3 is 2.81 bits per heavy atom. The summed E-state index contributed by atoms with van der Waals surface area (Å²) in [6.07, 6.45) is 3.09. The molecule has 82 valence electrons. The van der Waals surface area contributed by atoms with Crippen molar-refractivity contribution in [2.24, 2.45) is 12.8 Å². The maximum absolute atomic E-state index is 10.8. The number of primary amides is 1. The zero-order valence-corrected chi connectivity index (χ0v) is 9.31. The van der Waals surface area contributed by atoms with E-state index in [1.807, 2.05) is 29.9 Å². The van der Waals surface area contributed by atoms with E-state index in [0.29, 0.717) is 12.8 Å². The number of hydrogen-bond donors (Lipinski definition) is 1. The van der Waals surface area contributed by atoms with Crippen molar-refractivity contribution < 1.29 is 9.36 Å². The van der Waals surface area contributed by atoms with E-state index in [1.54, 1.807) is 0 Å². The predicted octanol–water partition coefficient (Wildman–Crippen LogP) is 1.08. The van der Waals surface area contributed by atoms with Gasteiger partial charge in [0.25, 0.3) is 0 Å². The van der Waals surface area contributed by atoms with Crippen LogP contribution in [0, 0.1) is 0 Å². The number of amides is 1. The van der Waals surface area contributed by atoms with Crippen LogP contribution >= 0.6 is 0 Å². The number of hydrogen-bond acceptors (Lipinski definition) is 1. The van der Waals surface area contributed by atoms with Gasteiger partial charge in [0.2, 0.25) is 5.91 Å². The van der Waals surface area contributed by atoms with Gasteiger partial charge in [-0.1, -0.05) is 18.2 Å². The standard InChI is InChI=1S/C13H14N2O/c1-15-9-8-10-4-2-3-5-11(10)12(15)6-7-13(14)16/h2-5,8-9H,6-7H2,1H3,(H-,14,16)/p+1. The van der Waals surface area contributed by atoms with Crippen LogP contribution in [0.4, 0.5) is 0 Å². The van der Waals surface area contributed by atoms with Crippen molar-refractivity contribution in [3.05, 3.63) is 42.2 Å². The van der Waals surface area contributed by atoms with Gasteiger partial charge in [0, 0.05) is 24.3 Å². The largest absolute Gasteiger partial charge is 0.370 e. The number of rotatable bonds is 3. The third-order valence-electron chi connectivity index (χ3n) is 2.78. The van der Waals surface area contributed by atoms with Gasteiger partial charge in [0.05, 0.1) is 0 Å². The Hall–Kier alpha value is -1.90. The number of benzene rings is 1. The number of carbonyl (C=O) groups is 1. The first-order valence-corrected chi connectivity index (χ1v) is 5.33. The third-order valence-corrected chi connectivity index (χ3v) is 2.78. The van der Waals surface area contributed by atoms with Crippen LogP contribution in [-0.4, -0.2) is 5.91 Å². The second-order valence-electron chi connectivity index (χ2n) is 3.93. The minimum absolute atomic E-state index is 0.257. The predicted molar refractivity (Wildman–Crippen MR) is 62.6 cm³/mol.